The third-order valence-electron chi connectivity index (χ3n) is 4.43. The highest BCUT2D eigenvalue weighted by Crippen LogP contribution is 2.18. The third-order valence-corrected chi connectivity index (χ3v) is 4.43. The molecule has 0 aliphatic carbocycles. The van der Waals surface area contributed by atoms with E-state index in [9.17, 15) is 9.59 Å². The second kappa shape index (κ2) is 6.82. The Kier molecular flexibility index (Phi) is 4.59. The lowest BCUT2D eigenvalue weighted by molar-refractivity contribution is -0.145. The monoisotopic (exact) mass is 328 g/mol. The van der Waals surface area contributed by atoms with Gasteiger partial charge in [-0.2, -0.15) is 0 Å². The Labute approximate surface area is 139 Å². The van der Waals surface area contributed by atoms with E-state index in [1.54, 1.807) is 9.58 Å². The number of piperidine rings is 1. The summed E-state index contributed by atoms with van der Waals surface area (Å²) >= 11 is 0. The van der Waals surface area contributed by atoms with E-state index in [1.807, 2.05) is 37.3 Å². The van der Waals surface area contributed by atoms with E-state index in [0.29, 0.717) is 18.7 Å². The van der Waals surface area contributed by atoms with Crippen molar-refractivity contribution in [3.8, 4) is 5.69 Å². The molecule has 2 aromatic rings. The number of amides is 1. The summed E-state index contributed by atoms with van der Waals surface area (Å²) in [6.07, 6.45) is 1.49. The van der Waals surface area contributed by atoms with Gasteiger partial charge in [0.2, 0.25) is 5.91 Å². The van der Waals surface area contributed by atoms with E-state index in [1.165, 1.54) is 0 Å². The van der Waals surface area contributed by atoms with Gasteiger partial charge in [0.1, 0.15) is 0 Å². The molecule has 7 nitrogen and oxygen atoms in total. The smallest absolute Gasteiger partial charge is 0.308 e. The largest absolute Gasteiger partial charge is 0.481 e. The molecule has 1 aliphatic heterocycles. The average molecular weight is 328 g/mol. The van der Waals surface area contributed by atoms with Crippen molar-refractivity contribution >= 4 is 11.9 Å². The number of nitrogens with zero attached hydrogens (tertiary/aromatic N) is 4. The van der Waals surface area contributed by atoms with Crippen LogP contribution in [-0.2, 0) is 16.0 Å². The minimum absolute atomic E-state index is 0.0934. The molecule has 1 amide bonds. The molecule has 1 atom stereocenters. The summed E-state index contributed by atoms with van der Waals surface area (Å²) < 4.78 is 1.71. The number of rotatable bonds is 4. The van der Waals surface area contributed by atoms with Gasteiger partial charge in [-0.3, -0.25) is 9.59 Å². The molecule has 0 spiro atoms. The first-order valence-corrected chi connectivity index (χ1v) is 8.03. The zero-order valence-corrected chi connectivity index (χ0v) is 13.6. The minimum Gasteiger partial charge on any atom is -0.481 e. The summed E-state index contributed by atoms with van der Waals surface area (Å²) in [7, 11) is 0. The molecule has 7 heteroatoms. The normalized spacial score (nSPS) is 17.7. The molecule has 2 heterocycles. The van der Waals surface area contributed by atoms with Gasteiger partial charge in [0, 0.05) is 13.1 Å². The van der Waals surface area contributed by atoms with Crippen molar-refractivity contribution in [2.45, 2.75) is 26.2 Å². The number of para-hydroxylation sites is 1. The molecule has 3 rings (SSSR count). The van der Waals surface area contributed by atoms with Crippen LogP contribution in [0.3, 0.4) is 0 Å². The minimum atomic E-state index is -0.835. The van der Waals surface area contributed by atoms with E-state index in [-0.39, 0.29) is 18.9 Å². The topological polar surface area (TPSA) is 88.3 Å². The lowest BCUT2D eigenvalue weighted by atomic mass is 9.98. The Bertz CT molecular complexity index is 742. The first-order chi connectivity index (χ1) is 11.6. The van der Waals surface area contributed by atoms with Gasteiger partial charge in [0.05, 0.1) is 29.4 Å². The summed E-state index contributed by atoms with van der Waals surface area (Å²) in [4.78, 5) is 25.2. The number of carboxylic acids is 1. The molecule has 0 saturated carbocycles. The van der Waals surface area contributed by atoms with Crippen LogP contribution in [-0.4, -0.2) is 50.0 Å². The Morgan fingerprint density at radius 1 is 1.29 bits per heavy atom. The van der Waals surface area contributed by atoms with Crippen LogP contribution < -0.4 is 0 Å². The molecule has 1 fully saturated rings. The van der Waals surface area contributed by atoms with Gasteiger partial charge in [0.25, 0.3) is 0 Å². The Morgan fingerprint density at radius 3 is 2.75 bits per heavy atom. The van der Waals surface area contributed by atoms with Crippen molar-refractivity contribution in [3.05, 3.63) is 41.7 Å². The maximum atomic E-state index is 12.5. The van der Waals surface area contributed by atoms with E-state index >= 15 is 0 Å². The highest BCUT2D eigenvalue weighted by molar-refractivity contribution is 5.80. The van der Waals surface area contributed by atoms with Crippen molar-refractivity contribution in [3.63, 3.8) is 0 Å². The lowest BCUT2D eigenvalue weighted by Gasteiger charge is -2.30. The predicted octanol–water partition coefficient (Wildman–Crippen LogP) is 1.44. The van der Waals surface area contributed by atoms with Crippen LogP contribution in [0.4, 0.5) is 0 Å². The zero-order valence-electron chi connectivity index (χ0n) is 13.6. The Morgan fingerprint density at radius 2 is 2.04 bits per heavy atom. The third kappa shape index (κ3) is 3.29. The lowest BCUT2D eigenvalue weighted by Crippen LogP contribution is -2.43. The van der Waals surface area contributed by atoms with Gasteiger partial charge < -0.3 is 10.0 Å². The summed E-state index contributed by atoms with van der Waals surface area (Å²) in [6.45, 7) is 2.76. The fourth-order valence-corrected chi connectivity index (χ4v) is 3.00. The number of carbonyl (C=O) groups excluding carboxylic acids is 1. The van der Waals surface area contributed by atoms with Gasteiger partial charge >= 0.3 is 5.97 Å². The molecule has 1 aromatic heterocycles. The van der Waals surface area contributed by atoms with Crippen LogP contribution in [0.5, 0.6) is 0 Å². The number of aromatic nitrogens is 3. The van der Waals surface area contributed by atoms with Crippen molar-refractivity contribution in [2.75, 3.05) is 13.1 Å². The molecule has 126 valence electrons. The van der Waals surface area contributed by atoms with Gasteiger partial charge in [-0.1, -0.05) is 23.4 Å². The summed E-state index contributed by atoms with van der Waals surface area (Å²) in [6, 6.07) is 9.61. The molecule has 24 heavy (non-hydrogen) atoms. The fraction of sp³-hybridized carbons (Fsp3) is 0.412. The number of aliphatic carboxylic acids is 1. The van der Waals surface area contributed by atoms with E-state index in [4.69, 9.17) is 5.11 Å². The molecule has 0 bridgehead atoms. The molecule has 1 N–H and O–H groups in total. The number of benzene rings is 1. The Balaban J connectivity index is 1.71. The first kappa shape index (κ1) is 16.2. The van der Waals surface area contributed by atoms with Crippen LogP contribution in [0, 0.1) is 12.8 Å². The van der Waals surface area contributed by atoms with Crippen LogP contribution in [0.15, 0.2) is 30.3 Å². The number of carboxylic acid groups (broad SMARTS) is 1. The molecular weight excluding hydrogens is 308 g/mol. The number of carbonyl (C=O) groups is 2. The van der Waals surface area contributed by atoms with Crippen molar-refractivity contribution in [2.24, 2.45) is 5.92 Å². The molecular formula is C17H20N4O3. The van der Waals surface area contributed by atoms with Crippen molar-refractivity contribution in [1.29, 1.82) is 0 Å². The number of hydrogen-bond donors (Lipinski definition) is 1. The summed E-state index contributed by atoms with van der Waals surface area (Å²) in [5.74, 6) is -1.40. The Hall–Kier alpha value is -2.70. The summed E-state index contributed by atoms with van der Waals surface area (Å²) in [5, 5.41) is 17.4. The SMILES string of the molecule is Cc1c(CC(=O)N2CCC[C@H](C(=O)O)C2)nnn1-c1ccccc1. The van der Waals surface area contributed by atoms with Gasteiger partial charge in [-0.05, 0) is 31.9 Å². The van der Waals surface area contributed by atoms with Gasteiger partial charge in [-0.15, -0.1) is 5.10 Å². The fourth-order valence-electron chi connectivity index (χ4n) is 3.00. The van der Waals surface area contributed by atoms with Crippen LogP contribution in [0.2, 0.25) is 0 Å². The number of likely N-dealkylation sites (tertiary alicyclic amines) is 1. The van der Waals surface area contributed by atoms with Crippen LogP contribution in [0.25, 0.3) is 5.69 Å². The molecule has 1 aliphatic rings. The highest BCUT2D eigenvalue weighted by Gasteiger charge is 2.28. The average Bonchev–Trinajstić information content (AvgIpc) is 2.96. The zero-order chi connectivity index (χ0) is 17.1. The first-order valence-electron chi connectivity index (χ1n) is 8.03. The molecule has 0 radical (unpaired) electrons. The van der Waals surface area contributed by atoms with Gasteiger partial charge in [0.15, 0.2) is 0 Å². The van der Waals surface area contributed by atoms with Crippen molar-refractivity contribution in [1.82, 2.24) is 19.9 Å². The van der Waals surface area contributed by atoms with E-state index < -0.39 is 11.9 Å². The second-order valence-corrected chi connectivity index (χ2v) is 6.06. The number of hydrogen-bond acceptors (Lipinski definition) is 4. The van der Waals surface area contributed by atoms with Crippen LogP contribution >= 0.6 is 0 Å². The second-order valence-electron chi connectivity index (χ2n) is 6.06. The molecule has 1 aromatic carbocycles. The van der Waals surface area contributed by atoms with Gasteiger partial charge in [-0.25, -0.2) is 4.68 Å². The maximum Gasteiger partial charge on any atom is 0.308 e. The highest BCUT2D eigenvalue weighted by atomic mass is 16.4. The molecule has 0 unspecified atom stereocenters. The maximum absolute atomic E-state index is 12.5. The van der Waals surface area contributed by atoms with Crippen molar-refractivity contribution < 1.29 is 14.7 Å². The molecule has 1 saturated heterocycles. The van der Waals surface area contributed by atoms with E-state index in [2.05, 4.69) is 10.3 Å². The summed E-state index contributed by atoms with van der Waals surface area (Å²) in [5.41, 5.74) is 2.34. The predicted molar refractivity (Wildman–Crippen MR) is 86.7 cm³/mol. The standard InChI is InChI=1S/C17H20N4O3/c1-12-15(18-19-21(12)14-7-3-2-4-8-14)10-16(22)20-9-5-6-13(11-20)17(23)24/h2-4,7-8,13H,5-6,9-11H2,1H3,(H,23,24)/t13-/m0/s1. The van der Waals surface area contributed by atoms with Crippen LogP contribution in [0.1, 0.15) is 24.2 Å². The quantitative estimate of drug-likeness (QED) is 0.917. The van der Waals surface area contributed by atoms with E-state index in [0.717, 1.165) is 17.8 Å².